The third-order valence-corrected chi connectivity index (χ3v) is 10.8. The molecule has 0 spiro atoms. The number of rotatable bonds is 6. The van der Waals surface area contributed by atoms with Crippen molar-refractivity contribution in [2.75, 3.05) is 0 Å². The first-order valence-electron chi connectivity index (χ1n) is 18.4. The van der Waals surface area contributed by atoms with E-state index in [9.17, 15) is 5.26 Å². The fourth-order valence-corrected chi connectivity index (χ4v) is 8.40. The molecule has 0 saturated carbocycles. The Labute approximate surface area is 319 Å². The van der Waals surface area contributed by atoms with Crippen molar-refractivity contribution < 1.29 is 0 Å². The van der Waals surface area contributed by atoms with E-state index in [1.807, 2.05) is 72.8 Å². The SMILES string of the molecule is N#Cc1ccc(-c2cc3c(c4ccccc24)-c2ccccc2C3(c2ccccc2)c2cccc(-c3nc(-c4ccccc4)nc(-c4ccccc4)n3)c2)cc1. The number of aromatic nitrogens is 3. The third-order valence-electron chi connectivity index (χ3n) is 10.8. The van der Waals surface area contributed by atoms with E-state index in [0.29, 0.717) is 23.0 Å². The molecular formula is C51H32N4. The molecule has 4 heteroatoms. The highest BCUT2D eigenvalue weighted by Gasteiger charge is 2.47. The van der Waals surface area contributed by atoms with Crippen LogP contribution < -0.4 is 0 Å². The highest BCUT2D eigenvalue weighted by molar-refractivity contribution is 6.10. The topological polar surface area (TPSA) is 62.5 Å². The van der Waals surface area contributed by atoms with E-state index in [2.05, 4.69) is 127 Å². The van der Waals surface area contributed by atoms with Crippen molar-refractivity contribution in [3.8, 4) is 62.5 Å². The fraction of sp³-hybridized carbons (Fsp3) is 0.0196. The fourth-order valence-electron chi connectivity index (χ4n) is 8.40. The zero-order valence-corrected chi connectivity index (χ0v) is 29.8. The molecule has 0 aliphatic heterocycles. The summed E-state index contributed by atoms with van der Waals surface area (Å²) < 4.78 is 0. The molecule has 10 rings (SSSR count). The van der Waals surface area contributed by atoms with Gasteiger partial charge < -0.3 is 0 Å². The smallest absolute Gasteiger partial charge is 0.164 e. The van der Waals surface area contributed by atoms with Gasteiger partial charge in [0.1, 0.15) is 0 Å². The zero-order valence-electron chi connectivity index (χ0n) is 29.8. The molecule has 1 aromatic heterocycles. The molecule has 0 radical (unpaired) electrons. The van der Waals surface area contributed by atoms with Crippen LogP contribution in [0.25, 0.3) is 67.2 Å². The number of hydrogen-bond acceptors (Lipinski definition) is 4. The molecule has 9 aromatic rings. The Balaban J connectivity index is 1.27. The van der Waals surface area contributed by atoms with Gasteiger partial charge in [-0.3, -0.25) is 0 Å². The normalized spacial score (nSPS) is 14.2. The summed E-state index contributed by atoms with van der Waals surface area (Å²) >= 11 is 0. The number of hydrogen-bond donors (Lipinski definition) is 0. The minimum Gasteiger partial charge on any atom is -0.208 e. The lowest BCUT2D eigenvalue weighted by Gasteiger charge is -2.34. The van der Waals surface area contributed by atoms with Crippen LogP contribution in [0, 0.1) is 11.3 Å². The van der Waals surface area contributed by atoms with Gasteiger partial charge in [0.2, 0.25) is 0 Å². The molecule has 1 heterocycles. The van der Waals surface area contributed by atoms with Crippen molar-refractivity contribution in [2.24, 2.45) is 0 Å². The van der Waals surface area contributed by atoms with Crippen molar-refractivity contribution in [1.29, 1.82) is 5.26 Å². The Morgan fingerprint density at radius 1 is 0.382 bits per heavy atom. The van der Waals surface area contributed by atoms with Crippen LogP contribution >= 0.6 is 0 Å². The monoisotopic (exact) mass is 700 g/mol. The standard InChI is InChI=1S/C51H32N4/c52-33-34-27-29-35(30-28-34)44-32-46-47(42-24-11-10-23-41(42)44)43-25-12-13-26-45(43)51(46,39-20-8-3-9-21-39)40-22-14-19-38(31-40)50-54-48(36-15-4-1-5-16-36)53-49(55-50)37-17-6-2-7-18-37/h1-32H. The Bertz CT molecular complexity index is 2860. The van der Waals surface area contributed by atoms with Crippen molar-refractivity contribution in [2.45, 2.75) is 5.41 Å². The second-order valence-electron chi connectivity index (χ2n) is 13.9. The molecule has 0 N–H and O–H groups in total. The van der Waals surface area contributed by atoms with Crippen molar-refractivity contribution in [1.82, 2.24) is 15.0 Å². The zero-order chi connectivity index (χ0) is 36.8. The molecule has 1 aliphatic carbocycles. The Morgan fingerprint density at radius 3 is 1.56 bits per heavy atom. The summed E-state index contributed by atoms with van der Waals surface area (Å²) in [6.07, 6.45) is 0. The second kappa shape index (κ2) is 13.2. The number of benzene rings is 8. The summed E-state index contributed by atoms with van der Waals surface area (Å²) in [6, 6.07) is 70.0. The minimum absolute atomic E-state index is 0.612. The van der Waals surface area contributed by atoms with Gasteiger partial charge in [0, 0.05) is 16.7 Å². The first-order valence-corrected chi connectivity index (χ1v) is 18.4. The largest absolute Gasteiger partial charge is 0.208 e. The molecule has 1 aliphatic rings. The Hall–Kier alpha value is -7.48. The molecular weight excluding hydrogens is 669 g/mol. The summed E-state index contributed by atoms with van der Waals surface area (Å²) in [4.78, 5) is 15.2. The van der Waals surface area contributed by atoms with Gasteiger partial charge in [-0.2, -0.15) is 5.26 Å². The Morgan fingerprint density at radius 2 is 0.909 bits per heavy atom. The van der Waals surface area contributed by atoms with E-state index in [1.165, 1.54) is 38.6 Å². The molecule has 4 nitrogen and oxygen atoms in total. The molecule has 1 unspecified atom stereocenters. The van der Waals surface area contributed by atoms with Gasteiger partial charge in [-0.15, -0.1) is 0 Å². The lowest BCUT2D eigenvalue weighted by atomic mass is 9.67. The molecule has 0 fully saturated rings. The highest BCUT2D eigenvalue weighted by Crippen LogP contribution is 2.59. The minimum atomic E-state index is -0.674. The average Bonchev–Trinajstić information content (AvgIpc) is 3.58. The van der Waals surface area contributed by atoms with Gasteiger partial charge in [-0.25, -0.2) is 15.0 Å². The quantitative estimate of drug-likeness (QED) is 0.173. The van der Waals surface area contributed by atoms with Crippen LogP contribution in [0.15, 0.2) is 194 Å². The van der Waals surface area contributed by atoms with E-state index < -0.39 is 5.41 Å². The molecule has 0 saturated heterocycles. The average molecular weight is 701 g/mol. The first-order chi connectivity index (χ1) is 27.2. The lowest BCUT2D eigenvalue weighted by molar-refractivity contribution is 0.769. The number of nitriles is 1. The van der Waals surface area contributed by atoms with Crippen LogP contribution in [0.5, 0.6) is 0 Å². The highest BCUT2D eigenvalue weighted by atomic mass is 15.0. The Kier molecular flexibility index (Phi) is 7.71. The van der Waals surface area contributed by atoms with E-state index in [-0.39, 0.29) is 0 Å². The van der Waals surface area contributed by atoms with Crippen LogP contribution in [0.4, 0.5) is 0 Å². The summed E-state index contributed by atoms with van der Waals surface area (Å²) in [5.41, 5.74) is 12.1. The summed E-state index contributed by atoms with van der Waals surface area (Å²) in [6.45, 7) is 0. The van der Waals surface area contributed by atoms with Crippen LogP contribution in [-0.4, -0.2) is 15.0 Å². The number of nitrogens with zero attached hydrogens (tertiary/aromatic N) is 4. The van der Waals surface area contributed by atoms with Crippen molar-refractivity contribution >= 4 is 10.8 Å². The van der Waals surface area contributed by atoms with Crippen LogP contribution in [0.1, 0.15) is 27.8 Å². The van der Waals surface area contributed by atoms with E-state index in [4.69, 9.17) is 15.0 Å². The first kappa shape index (κ1) is 32.2. The molecule has 8 aromatic carbocycles. The molecule has 55 heavy (non-hydrogen) atoms. The van der Waals surface area contributed by atoms with Gasteiger partial charge in [0.15, 0.2) is 17.5 Å². The summed E-state index contributed by atoms with van der Waals surface area (Å²) in [5, 5.41) is 12.0. The predicted molar refractivity (Wildman–Crippen MR) is 221 cm³/mol. The van der Waals surface area contributed by atoms with Gasteiger partial charge in [0.25, 0.3) is 0 Å². The predicted octanol–water partition coefficient (Wildman–Crippen LogP) is 11.9. The van der Waals surface area contributed by atoms with Crippen LogP contribution in [0.2, 0.25) is 0 Å². The maximum absolute atomic E-state index is 9.61. The van der Waals surface area contributed by atoms with Gasteiger partial charge in [-0.1, -0.05) is 170 Å². The van der Waals surface area contributed by atoms with E-state index >= 15 is 0 Å². The molecule has 0 amide bonds. The maximum Gasteiger partial charge on any atom is 0.164 e. The summed E-state index contributed by atoms with van der Waals surface area (Å²) in [5.74, 6) is 1.87. The van der Waals surface area contributed by atoms with Gasteiger partial charge in [0.05, 0.1) is 17.0 Å². The second-order valence-corrected chi connectivity index (χ2v) is 13.9. The maximum atomic E-state index is 9.61. The summed E-state index contributed by atoms with van der Waals surface area (Å²) in [7, 11) is 0. The van der Waals surface area contributed by atoms with Crippen LogP contribution in [-0.2, 0) is 5.41 Å². The van der Waals surface area contributed by atoms with Crippen LogP contribution in [0.3, 0.4) is 0 Å². The van der Waals surface area contributed by atoms with E-state index in [0.717, 1.165) is 33.4 Å². The van der Waals surface area contributed by atoms with Crippen molar-refractivity contribution in [3.63, 3.8) is 0 Å². The van der Waals surface area contributed by atoms with Crippen molar-refractivity contribution in [3.05, 3.63) is 222 Å². The molecule has 0 bridgehead atoms. The molecule has 256 valence electrons. The lowest BCUT2D eigenvalue weighted by Crippen LogP contribution is -2.28. The van der Waals surface area contributed by atoms with E-state index in [1.54, 1.807) is 0 Å². The van der Waals surface area contributed by atoms with Gasteiger partial charge >= 0.3 is 0 Å². The molecule has 1 atom stereocenters. The van der Waals surface area contributed by atoms with Gasteiger partial charge in [-0.05, 0) is 79.5 Å². The third kappa shape index (κ3) is 5.25. The number of fused-ring (bicyclic) bond motifs is 5.